The average molecular weight is 311 g/mol. The molecule has 22 heavy (non-hydrogen) atoms. The predicted octanol–water partition coefficient (Wildman–Crippen LogP) is 1.89. The fourth-order valence-electron chi connectivity index (χ4n) is 2.44. The normalized spacial score (nSPS) is 10.8. The summed E-state index contributed by atoms with van der Waals surface area (Å²) in [6.45, 7) is 0.688. The van der Waals surface area contributed by atoms with Crippen LogP contribution in [0, 0.1) is 0 Å². The summed E-state index contributed by atoms with van der Waals surface area (Å²) < 4.78 is 4.10. The van der Waals surface area contributed by atoms with Gasteiger partial charge in [0, 0.05) is 43.9 Å². The lowest BCUT2D eigenvalue weighted by Crippen LogP contribution is -2.15. The van der Waals surface area contributed by atoms with Gasteiger partial charge < -0.3 is 14.9 Å². The lowest BCUT2D eigenvalue weighted by Gasteiger charge is -2.11. The van der Waals surface area contributed by atoms with Crippen LogP contribution in [-0.4, -0.2) is 24.1 Å². The first-order chi connectivity index (χ1) is 10.6. The third-order valence-corrected chi connectivity index (χ3v) is 3.88. The monoisotopic (exact) mass is 311 g/mol. The average Bonchev–Trinajstić information content (AvgIpc) is 3.10. The fourth-order valence-corrected chi connectivity index (χ4v) is 2.64. The highest BCUT2D eigenvalue weighted by molar-refractivity contribution is 7.80. The molecule has 112 valence electrons. The van der Waals surface area contributed by atoms with Gasteiger partial charge in [-0.2, -0.15) is 0 Å². The van der Waals surface area contributed by atoms with Crippen LogP contribution >= 0.6 is 12.2 Å². The van der Waals surface area contributed by atoms with Crippen LogP contribution in [0.2, 0.25) is 0 Å². The van der Waals surface area contributed by atoms with E-state index in [0.717, 1.165) is 22.8 Å². The van der Waals surface area contributed by atoms with Crippen LogP contribution in [-0.2, 0) is 20.0 Å². The van der Waals surface area contributed by atoms with Crippen LogP contribution in [0.4, 0.5) is 0 Å². The minimum Gasteiger partial charge on any atom is -0.389 e. The zero-order valence-corrected chi connectivity index (χ0v) is 13.1. The molecule has 0 atom stereocenters. The second-order valence-electron chi connectivity index (χ2n) is 5.12. The molecule has 2 heterocycles. The number of imidazole rings is 2. The van der Waals surface area contributed by atoms with Gasteiger partial charge in [-0.05, 0) is 5.56 Å². The van der Waals surface area contributed by atoms with Gasteiger partial charge in [0.15, 0.2) is 0 Å². The molecule has 0 spiro atoms. The Balaban J connectivity index is 1.87. The summed E-state index contributed by atoms with van der Waals surface area (Å²) in [4.78, 5) is 9.22. The van der Waals surface area contributed by atoms with Crippen LogP contribution < -0.4 is 5.73 Å². The van der Waals surface area contributed by atoms with E-state index in [2.05, 4.69) is 14.5 Å². The van der Waals surface area contributed by atoms with Gasteiger partial charge in [-0.1, -0.05) is 36.5 Å². The highest BCUT2D eigenvalue weighted by atomic mass is 32.1. The van der Waals surface area contributed by atoms with Gasteiger partial charge in [0.25, 0.3) is 0 Å². The van der Waals surface area contributed by atoms with Gasteiger partial charge >= 0.3 is 0 Å². The molecule has 0 fully saturated rings. The first kappa shape index (κ1) is 14.5. The van der Waals surface area contributed by atoms with Crippen LogP contribution in [0.1, 0.15) is 22.8 Å². The lowest BCUT2D eigenvalue weighted by atomic mass is 10.1. The number of benzene rings is 1. The summed E-state index contributed by atoms with van der Waals surface area (Å²) in [5.41, 5.74) is 7.81. The number of aryl methyl sites for hydroxylation is 1. The zero-order valence-electron chi connectivity index (χ0n) is 12.3. The van der Waals surface area contributed by atoms with Gasteiger partial charge in [-0.25, -0.2) is 9.97 Å². The van der Waals surface area contributed by atoms with Crippen molar-refractivity contribution >= 4 is 17.2 Å². The maximum atomic E-state index is 5.80. The lowest BCUT2D eigenvalue weighted by molar-refractivity contribution is 0.711. The van der Waals surface area contributed by atoms with Crippen molar-refractivity contribution < 1.29 is 0 Å². The van der Waals surface area contributed by atoms with E-state index in [1.165, 1.54) is 0 Å². The Kier molecular flexibility index (Phi) is 4.02. The number of thiocarbonyl (C=S) groups is 1. The topological polar surface area (TPSA) is 61.7 Å². The molecular formula is C16H17N5S. The van der Waals surface area contributed by atoms with Crippen molar-refractivity contribution in [3.63, 3.8) is 0 Å². The van der Waals surface area contributed by atoms with Gasteiger partial charge in [-0.15, -0.1) is 0 Å². The number of nitrogens with two attached hydrogens (primary N) is 1. The van der Waals surface area contributed by atoms with Gasteiger partial charge in [0.2, 0.25) is 0 Å². The van der Waals surface area contributed by atoms with Crippen molar-refractivity contribution in [2.75, 3.05) is 0 Å². The first-order valence-electron chi connectivity index (χ1n) is 6.99. The highest BCUT2D eigenvalue weighted by Gasteiger charge is 2.10. The smallest absolute Gasteiger partial charge is 0.116 e. The highest BCUT2D eigenvalue weighted by Crippen LogP contribution is 2.13. The van der Waals surface area contributed by atoms with Crippen molar-refractivity contribution in [2.45, 2.75) is 13.0 Å². The SMILES string of the molecule is Cn1ccnc1Cc1nccn1Cc1ccccc1C(N)=S. The molecule has 0 amide bonds. The number of hydrogen-bond acceptors (Lipinski definition) is 3. The van der Waals surface area contributed by atoms with E-state index in [4.69, 9.17) is 18.0 Å². The molecule has 0 saturated heterocycles. The quantitative estimate of drug-likeness (QED) is 0.731. The minimum absolute atomic E-state index is 0.418. The Morgan fingerprint density at radius 1 is 1.14 bits per heavy atom. The molecule has 0 bridgehead atoms. The molecule has 6 heteroatoms. The molecule has 3 aromatic rings. The van der Waals surface area contributed by atoms with Gasteiger partial charge in [0.05, 0.1) is 6.42 Å². The fraction of sp³-hybridized carbons (Fsp3) is 0.188. The molecule has 0 aliphatic heterocycles. The van der Waals surface area contributed by atoms with Crippen molar-refractivity contribution in [3.05, 3.63) is 71.8 Å². The Labute approximate surface area is 134 Å². The van der Waals surface area contributed by atoms with E-state index >= 15 is 0 Å². The first-order valence-corrected chi connectivity index (χ1v) is 7.40. The largest absolute Gasteiger partial charge is 0.389 e. The summed E-state index contributed by atoms with van der Waals surface area (Å²) in [6, 6.07) is 7.93. The van der Waals surface area contributed by atoms with Crippen LogP contribution in [0.3, 0.4) is 0 Å². The molecular weight excluding hydrogens is 294 g/mol. The standard InChI is InChI=1S/C16H17N5S/c1-20-8-6-18-14(20)10-15-19-7-9-21(15)11-12-4-2-3-5-13(12)16(17)22/h2-9H,10-11H2,1H3,(H2,17,22). The van der Waals surface area contributed by atoms with Gasteiger partial charge in [-0.3, -0.25) is 0 Å². The van der Waals surface area contributed by atoms with Crippen molar-refractivity contribution in [1.29, 1.82) is 0 Å². The predicted molar refractivity (Wildman–Crippen MR) is 89.7 cm³/mol. The molecule has 5 nitrogen and oxygen atoms in total. The number of hydrogen-bond donors (Lipinski definition) is 1. The maximum Gasteiger partial charge on any atom is 0.116 e. The van der Waals surface area contributed by atoms with E-state index in [9.17, 15) is 0 Å². The van der Waals surface area contributed by atoms with Crippen LogP contribution in [0.15, 0.2) is 49.1 Å². The van der Waals surface area contributed by atoms with Crippen LogP contribution in [0.5, 0.6) is 0 Å². The molecule has 0 unspecified atom stereocenters. The summed E-state index contributed by atoms with van der Waals surface area (Å²) in [5, 5.41) is 0. The second-order valence-corrected chi connectivity index (χ2v) is 5.56. The molecule has 0 aliphatic rings. The Hall–Kier alpha value is -2.47. The third kappa shape index (κ3) is 2.92. The van der Waals surface area contributed by atoms with Crippen molar-refractivity contribution in [1.82, 2.24) is 19.1 Å². The Morgan fingerprint density at radius 2 is 1.86 bits per heavy atom. The van der Waals surface area contributed by atoms with Crippen molar-refractivity contribution in [2.24, 2.45) is 12.8 Å². The minimum atomic E-state index is 0.418. The Bertz CT molecular complexity index is 802. The van der Waals surface area contributed by atoms with E-state index in [-0.39, 0.29) is 0 Å². The molecule has 2 N–H and O–H groups in total. The van der Waals surface area contributed by atoms with Crippen molar-refractivity contribution in [3.8, 4) is 0 Å². The summed E-state index contributed by atoms with van der Waals surface area (Å²) >= 11 is 5.13. The number of aromatic nitrogens is 4. The van der Waals surface area contributed by atoms with E-state index in [1.54, 1.807) is 6.20 Å². The van der Waals surface area contributed by atoms with Crippen LogP contribution in [0.25, 0.3) is 0 Å². The molecule has 0 radical (unpaired) electrons. The second kappa shape index (κ2) is 6.11. The molecule has 2 aromatic heterocycles. The summed E-state index contributed by atoms with van der Waals surface area (Å²) in [6.07, 6.45) is 8.19. The molecule has 0 aliphatic carbocycles. The zero-order chi connectivity index (χ0) is 15.5. The third-order valence-electron chi connectivity index (χ3n) is 3.66. The molecule has 1 aromatic carbocycles. The van der Waals surface area contributed by atoms with E-state index in [1.807, 2.05) is 54.5 Å². The van der Waals surface area contributed by atoms with E-state index < -0.39 is 0 Å². The number of rotatable bonds is 5. The van der Waals surface area contributed by atoms with E-state index in [0.29, 0.717) is 18.0 Å². The maximum absolute atomic E-state index is 5.80. The molecule has 0 saturated carbocycles. The summed E-state index contributed by atoms with van der Waals surface area (Å²) in [5.74, 6) is 1.95. The Morgan fingerprint density at radius 3 is 2.59 bits per heavy atom. The summed E-state index contributed by atoms with van der Waals surface area (Å²) in [7, 11) is 1.98. The molecule has 3 rings (SSSR count). The number of nitrogens with zero attached hydrogens (tertiary/aromatic N) is 4. The van der Waals surface area contributed by atoms with Gasteiger partial charge in [0.1, 0.15) is 16.6 Å².